The van der Waals surface area contributed by atoms with Gasteiger partial charge in [-0.25, -0.2) is 8.42 Å². The van der Waals surface area contributed by atoms with Gasteiger partial charge in [0.15, 0.2) is 9.84 Å². The van der Waals surface area contributed by atoms with Crippen molar-refractivity contribution >= 4 is 27.4 Å². The highest BCUT2D eigenvalue weighted by molar-refractivity contribution is 7.91. The van der Waals surface area contributed by atoms with Gasteiger partial charge in [-0.1, -0.05) is 30.3 Å². The van der Waals surface area contributed by atoms with Crippen molar-refractivity contribution in [2.24, 2.45) is 5.92 Å². The number of benzene rings is 2. The molecule has 142 valence electrons. The SMILES string of the molecule is O=C(CC1CCS(=O)(=O)C1)OCc1ccc(C(=O)Nc2ccccc2)cc1. The van der Waals surface area contributed by atoms with E-state index in [0.29, 0.717) is 12.0 Å². The highest BCUT2D eigenvalue weighted by Gasteiger charge is 2.29. The fraction of sp³-hybridized carbons (Fsp3) is 0.300. The van der Waals surface area contributed by atoms with Gasteiger partial charge in [-0.2, -0.15) is 0 Å². The number of sulfone groups is 1. The third-order valence-electron chi connectivity index (χ3n) is 4.43. The van der Waals surface area contributed by atoms with Gasteiger partial charge in [-0.05, 0) is 42.2 Å². The van der Waals surface area contributed by atoms with Crippen molar-refractivity contribution in [1.82, 2.24) is 0 Å². The maximum atomic E-state index is 12.2. The monoisotopic (exact) mass is 387 g/mol. The van der Waals surface area contributed by atoms with Crippen molar-refractivity contribution in [1.29, 1.82) is 0 Å². The average Bonchev–Trinajstić information content (AvgIpc) is 2.99. The van der Waals surface area contributed by atoms with E-state index in [2.05, 4.69) is 5.32 Å². The summed E-state index contributed by atoms with van der Waals surface area (Å²) in [6.45, 7) is 0.0961. The van der Waals surface area contributed by atoms with Gasteiger partial charge in [0.1, 0.15) is 6.61 Å². The van der Waals surface area contributed by atoms with Crippen molar-refractivity contribution < 1.29 is 22.7 Å². The number of para-hydroxylation sites is 1. The largest absolute Gasteiger partial charge is 0.461 e. The number of anilines is 1. The minimum atomic E-state index is -2.99. The van der Waals surface area contributed by atoms with Gasteiger partial charge in [0.05, 0.1) is 11.5 Å². The summed E-state index contributed by atoms with van der Waals surface area (Å²) in [5, 5.41) is 2.80. The lowest BCUT2D eigenvalue weighted by Gasteiger charge is -2.09. The lowest BCUT2D eigenvalue weighted by atomic mass is 10.1. The second kappa shape index (κ2) is 8.35. The van der Waals surface area contributed by atoms with E-state index >= 15 is 0 Å². The summed E-state index contributed by atoms with van der Waals surface area (Å²) in [4.78, 5) is 24.1. The normalized spacial score (nSPS) is 18.0. The summed E-state index contributed by atoms with van der Waals surface area (Å²) >= 11 is 0. The minimum Gasteiger partial charge on any atom is -0.461 e. The maximum absolute atomic E-state index is 12.2. The van der Waals surface area contributed by atoms with Gasteiger partial charge in [0.2, 0.25) is 0 Å². The summed E-state index contributed by atoms with van der Waals surface area (Å²) in [6, 6.07) is 16.0. The molecule has 0 spiro atoms. The van der Waals surface area contributed by atoms with Crippen LogP contribution < -0.4 is 5.32 Å². The third kappa shape index (κ3) is 5.65. The molecule has 6 nitrogen and oxygen atoms in total. The molecule has 0 radical (unpaired) electrons. The number of hydrogen-bond acceptors (Lipinski definition) is 5. The molecule has 7 heteroatoms. The Morgan fingerprint density at radius 3 is 2.37 bits per heavy atom. The van der Waals surface area contributed by atoms with E-state index in [0.717, 1.165) is 11.3 Å². The molecule has 1 heterocycles. The molecule has 3 rings (SSSR count). The number of esters is 1. The van der Waals surface area contributed by atoms with Crippen molar-refractivity contribution in [3.05, 3.63) is 65.7 Å². The molecule has 1 atom stereocenters. The molecule has 2 aromatic carbocycles. The molecule has 1 fully saturated rings. The van der Waals surface area contributed by atoms with E-state index < -0.39 is 15.8 Å². The Morgan fingerprint density at radius 2 is 1.74 bits per heavy atom. The van der Waals surface area contributed by atoms with Crippen LogP contribution in [0.4, 0.5) is 5.69 Å². The number of carbonyl (C=O) groups excluding carboxylic acids is 2. The van der Waals surface area contributed by atoms with Crippen LogP contribution in [0.5, 0.6) is 0 Å². The molecule has 1 aliphatic rings. The Labute approximate surface area is 158 Å². The zero-order valence-electron chi connectivity index (χ0n) is 14.8. The Hall–Kier alpha value is -2.67. The Morgan fingerprint density at radius 1 is 1.04 bits per heavy atom. The lowest BCUT2D eigenvalue weighted by Crippen LogP contribution is -2.13. The molecular weight excluding hydrogens is 366 g/mol. The van der Waals surface area contributed by atoms with Crippen LogP contribution in [0.25, 0.3) is 0 Å². The second-order valence-electron chi connectivity index (χ2n) is 6.65. The van der Waals surface area contributed by atoms with Crippen molar-refractivity contribution in [3.63, 3.8) is 0 Å². The summed E-state index contributed by atoms with van der Waals surface area (Å²) < 4.78 is 28.1. The molecule has 1 saturated heterocycles. The number of rotatable bonds is 6. The second-order valence-corrected chi connectivity index (χ2v) is 8.88. The molecule has 0 aromatic heterocycles. The van der Waals surface area contributed by atoms with E-state index in [1.807, 2.05) is 18.2 Å². The third-order valence-corrected chi connectivity index (χ3v) is 6.27. The molecule has 0 aliphatic carbocycles. The first-order valence-electron chi connectivity index (χ1n) is 8.73. The number of nitrogens with one attached hydrogen (secondary N) is 1. The van der Waals surface area contributed by atoms with E-state index in [4.69, 9.17) is 4.74 Å². The lowest BCUT2D eigenvalue weighted by molar-refractivity contribution is -0.145. The van der Waals surface area contributed by atoms with Crippen LogP contribution in [-0.2, 0) is 26.0 Å². The van der Waals surface area contributed by atoms with Crippen LogP contribution in [0, 0.1) is 5.92 Å². The van der Waals surface area contributed by atoms with E-state index in [-0.39, 0.29) is 36.4 Å². The predicted molar refractivity (Wildman–Crippen MR) is 102 cm³/mol. The number of hydrogen-bond donors (Lipinski definition) is 1. The number of carbonyl (C=O) groups is 2. The Balaban J connectivity index is 1.47. The van der Waals surface area contributed by atoms with Crippen LogP contribution in [0.2, 0.25) is 0 Å². The Kier molecular flexibility index (Phi) is 5.91. The molecule has 0 saturated carbocycles. The van der Waals surface area contributed by atoms with Gasteiger partial charge in [0, 0.05) is 17.7 Å². The summed E-state index contributed by atoms with van der Waals surface area (Å²) in [7, 11) is -2.99. The van der Waals surface area contributed by atoms with E-state index in [9.17, 15) is 18.0 Å². The standard InChI is InChI=1S/C20H21NO5S/c22-19(12-16-10-11-27(24,25)14-16)26-13-15-6-8-17(9-7-15)20(23)21-18-4-2-1-3-5-18/h1-9,16H,10-14H2,(H,21,23). The van der Waals surface area contributed by atoms with Crippen molar-refractivity contribution in [2.75, 3.05) is 16.8 Å². The van der Waals surface area contributed by atoms with Gasteiger partial charge >= 0.3 is 5.97 Å². The van der Waals surface area contributed by atoms with Crippen LogP contribution in [0.3, 0.4) is 0 Å². The zero-order chi connectivity index (χ0) is 19.3. The molecule has 0 bridgehead atoms. The smallest absolute Gasteiger partial charge is 0.306 e. The first-order valence-corrected chi connectivity index (χ1v) is 10.5. The van der Waals surface area contributed by atoms with Crippen molar-refractivity contribution in [2.45, 2.75) is 19.4 Å². The fourth-order valence-electron chi connectivity index (χ4n) is 2.97. The van der Waals surface area contributed by atoms with Crippen LogP contribution >= 0.6 is 0 Å². The number of ether oxygens (including phenoxy) is 1. The molecule has 1 unspecified atom stereocenters. The van der Waals surface area contributed by atoms with Gasteiger partial charge in [-0.3, -0.25) is 9.59 Å². The molecule has 1 amide bonds. The first-order chi connectivity index (χ1) is 12.9. The fourth-order valence-corrected chi connectivity index (χ4v) is 4.83. The first kappa shape index (κ1) is 19.1. The van der Waals surface area contributed by atoms with Gasteiger partial charge in [0.25, 0.3) is 5.91 Å². The maximum Gasteiger partial charge on any atom is 0.306 e. The minimum absolute atomic E-state index is 0.0628. The highest BCUT2D eigenvalue weighted by Crippen LogP contribution is 2.22. The quantitative estimate of drug-likeness (QED) is 0.770. The van der Waals surface area contributed by atoms with Crippen LogP contribution in [0.1, 0.15) is 28.8 Å². The summed E-state index contributed by atoms with van der Waals surface area (Å²) in [6.07, 6.45) is 0.638. The van der Waals surface area contributed by atoms with E-state index in [1.54, 1.807) is 36.4 Å². The van der Waals surface area contributed by atoms with E-state index in [1.165, 1.54) is 0 Å². The van der Waals surface area contributed by atoms with Crippen molar-refractivity contribution in [3.8, 4) is 0 Å². The average molecular weight is 387 g/mol. The molecule has 1 aliphatic heterocycles. The molecule has 2 aromatic rings. The van der Waals surface area contributed by atoms with Gasteiger partial charge < -0.3 is 10.1 Å². The number of amides is 1. The summed E-state index contributed by atoms with van der Waals surface area (Å²) in [5.41, 5.74) is 1.98. The van der Waals surface area contributed by atoms with Crippen LogP contribution in [0.15, 0.2) is 54.6 Å². The topological polar surface area (TPSA) is 89.5 Å². The molecular formula is C20H21NO5S. The molecule has 1 N–H and O–H groups in total. The summed E-state index contributed by atoms with van der Waals surface area (Å²) in [5.74, 6) is -0.549. The predicted octanol–water partition coefficient (Wildman–Crippen LogP) is 2.81. The zero-order valence-corrected chi connectivity index (χ0v) is 15.6. The van der Waals surface area contributed by atoms with Crippen LogP contribution in [-0.4, -0.2) is 31.8 Å². The molecule has 27 heavy (non-hydrogen) atoms. The Bertz CT molecular complexity index is 907. The highest BCUT2D eigenvalue weighted by atomic mass is 32.2. The van der Waals surface area contributed by atoms with Gasteiger partial charge in [-0.15, -0.1) is 0 Å².